The molecule has 1 saturated carbocycles. The molecule has 20 nitrogen and oxygen atoms in total. The fourth-order valence-electron chi connectivity index (χ4n) is 10.8. The lowest BCUT2D eigenvalue weighted by Crippen LogP contribution is -2.63. The Balaban J connectivity index is 0.985. The van der Waals surface area contributed by atoms with E-state index in [1.165, 1.54) is 49.8 Å². The molecule has 4 bridgehead atoms. The van der Waals surface area contributed by atoms with Crippen molar-refractivity contribution in [3.05, 3.63) is 46.5 Å². The van der Waals surface area contributed by atoms with Gasteiger partial charge in [0.25, 0.3) is 0 Å². The molecule has 406 valence electrons. The van der Waals surface area contributed by atoms with Crippen LogP contribution in [0.15, 0.2) is 35.9 Å². The molecule has 1 aromatic carbocycles. The Bertz CT molecular complexity index is 2420. The third-order valence-electron chi connectivity index (χ3n) is 15.7. The van der Waals surface area contributed by atoms with E-state index in [2.05, 4.69) is 5.32 Å². The quantitative estimate of drug-likeness (QED) is 0.135. The Morgan fingerprint density at radius 1 is 1.04 bits per heavy atom. The van der Waals surface area contributed by atoms with Gasteiger partial charge in [-0.05, 0) is 76.5 Å². The van der Waals surface area contributed by atoms with Crippen LogP contribution in [0.5, 0.6) is 5.75 Å². The van der Waals surface area contributed by atoms with Crippen LogP contribution in [0.25, 0.3) is 0 Å². The van der Waals surface area contributed by atoms with Crippen molar-refractivity contribution in [1.29, 1.82) is 0 Å². The largest absolute Gasteiger partial charge is 0.495 e. The lowest BCUT2D eigenvalue weighted by atomic mass is 9.79. The van der Waals surface area contributed by atoms with Gasteiger partial charge in [0, 0.05) is 83.9 Å². The zero-order chi connectivity index (χ0) is 54.0. The summed E-state index contributed by atoms with van der Waals surface area (Å²) in [4.78, 5) is 109. The summed E-state index contributed by atoms with van der Waals surface area (Å²) < 4.78 is 29.6. The monoisotopic (exact) mass is 1070 g/mol. The van der Waals surface area contributed by atoms with E-state index in [1.54, 1.807) is 44.0 Å². The van der Waals surface area contributed by atoms with Gasteiger partial charge < -0.3 is 43.7 Å². The summed E-state index contributed by atoms with van der Waals surface area (Å²) in [6, 6.07) is 2.50. The molecule has 6 amide bonds. The number of epoxide rings is 1. The van der Waals surface area contributed by atoms with Crippen LogP contribution < -0.4 is 15.0 Å². The van der Waals surface area contributed by atoms with Gasteiger partial charge in [0.15, 0.2) is 11.5 Å². The predicted octanol–water partition coefficient (Wildman–Crippen LogP) is 4.08. The molecule has 74 heavy (non-hydrogen) atoms. The highest BCUT2D eigenvalue weighted by Crippen LogP contribution is 2.50. The maximum Gasteiger partial charge on any atom is 0.409 e. The predicted molar refractivity (Wildman–Crippen MR) is 271 cm³/mol. The number of hydrogen-bond donors (Lipinski definition) is 3. The number of nitrogens with zero attached hydrogens (tertiary/aromatic N) is 4. The molecule has 5 heterocycles. The summed E-state index contributed by atoms with van der Waals surface area (Å²) >= 11 is 8.05. The van der Waals surface area contributed by atoms with E-state index in [4.69, 9.17) is 35.3 Å². The number of likely N-dealkylation sites (tertiary alicyclic amines) is 2. The number of ketones is 1. The maximum absolute atomic E-state index is 14.2. The van der Waals surface area contributed by atoms with Gasteiger partial charge in [-0.2, -0.15) is 0 Å². The number of Topliss-reactive ketones (excluding diaryl/α,β-unsaturated/α-hetero) is 1. The first-order valence-electron chi connectivity index (χ1n) is 25.3. The van der Waals surface area contributed by atoms with Crippen molar-refractivity contribution in [3.63, 3.8) is 0 Å². The molecule has 22 heteroatoms. The van der Waals surface area contributed by atoms with Crippen molar-refractivity contribution >= 4 is 76.4 Å². The number of aliphatic hydroxyl groups excluding tert-OH is 1. The summed E-state index contributed by atoms with van der Waals surface area (Å²) in [5.74, 6) is -2.95. The van der Waals surface area contributed by atoms with Gasteiger partial charge >= 0.3 is 12.1 Å². The van der Waals surface area contributed by atoms with E-state index in [0.717, 1.165) is 16.0 Å². The number of thioether (sulfide) groups is 1. The topological polar surface area (TPSA) is 251 Å². The number of fused-ring (bicyclic) bond motifs is 5. The number of amides is 6. The molecular formula is C52H70ClN5O15S. The van der Waals surface area contributed by atoms with Crippen molar-refractivity contribution in [2.75, 3.05) is 52.1 Å². The van der Waals surface area contributed by atoms with Gasteiger partial charge in [-0.25, -0.2) is 9.59 Å². The Hall–Kier alpha value is -5.06. The van der Waals surface area contributed by atoms with Crippen molar-refractivity contribution in [1.82, 2.24) is 20.0 Å². The number of benzene rings is 1. The third-order valence-corrected chi connectivity index (χ3v) is 17.3. The van der Waals surface area contributed by atoms with Gasteiger partial charge in [0.05, 0.1) is 30.7 Å². The molecule has 1 aliphatic carbocycles. The number of anilines is 1. The van der Waals surface area contributed by atoms with E-state index in [0.29, 0.717) is 43.5 Å². The number of ether oxygens (including phenoxy) is 5. The number of rotatable bonds is 14. The van der Waals surface area contributed by atoms with Gasteiger partial charge in [-0.1, -0.05) is 42.3 Å². The fourth-order valence-corrected chi connectivity index (χ4v) is 12.2. The molecular weight excluding hydrogens is 1000 g/mol. The molecule has 6 aliphatic rings. The van der Waals surface area contributed by atoms with Gasteiger partial charge in [0.2, 0.25) is 29.5 Å². The first-order chi connectivity index (χ1) is 35.0. The number of aliphatic hydroxyl groups is 2. The minimum Gasteiger partial charge on any atom is -0.495 e. The maximum atomic E-state index is 14.2. The number of carbonyl (C=O) groups excluding carboxylic acids is 8. The number of hydrogen-bond acceptors (Lipinski definition) is 17. The molecule has 1 unspecified atom stereocenters. The van der Waals surface area contributed by atoms with Gasteiger partial charge in [0.1, 0.15) is 47.0 Å². The third kappa shape index (κ3) is 12.4. The van der Waals surface area contributed by atoms with E-state index in [9.17, 15) is 48.6 Å². The minimum atomic E-state index is -1.87. The van der Waals surface area contributed by atoms with Crippen LogP contribution in [0.1, 0.15) is 97.5 Å². The summed E-state index contributed by atoms with van der Waals surface area (Å²) in [6.07, 6.45) is 1.97. The molecule has 1 aromatic rings. The minimum absolute atomic E-state index is 0.00663. The Kier molecular flexibility index (Phi) is 18.0. The second-order valence-corrected chi connectivity index (χ2v) is 22.5. The van der Waals surface area contributed by atoms with Gasteiger partial charge in [-0.15, -0.1) is 11.8 Å². The number of halogens is 1. The number of imide groups is 2. The lowest BCUT2D eigenvalue weighted by Gasteiger charge is -2.42. The molecule has 5 aliphatic heterocycles. The van der Waals surface area contributed by atoms with Crippen molar-refractivity contribution < 1.29 is 72.3 Å². The second kappa shape index (κ2) is 23.5. The number of alkyl carbamates (subject to hydrolysis) is 1. The van der Waals surface area contributed by atoms with E-state index in [-0.39, 0.29) is 104 Å². The molecule has 10 atom stereocenters. The van der Waals surface area contributed by atoms with Crippen LogP contribution in [-0.4, -0.2) is 173 Å². The van der Waals surface area contributed by atoms with Crippen LogP contribution in [0.3, 0.4) is 0 Å². The summed E-state index contributed by atoms with van der Waals surface area (Å²) in [5.41, 5.74) is -0.970. The molecule has 7 rings (SSSR count). The highest BCUT2D eigenvalue weighted by atomic mass is 35.5. The Labute approximate surface area is 440 Å². The summed E-state index contributed by atoms with van der Waals surface area (Å²) in [7, 11) is 6.01. The number of carbonyl (C=O) groups is 8. The normalized spacial score (nSPS) is 33.2. The van der Waals surface area contributed by atoms with E-state index < -0.39 is 77.1 Å². The molecule has 4 saturated heterocycles. The molecule has 3 N–H and O–H groups in total. The van der Waals surface area contributed by atoms with Gasteiger partial charge in [-0.3, -0.25) is 43.9 Å². The van der Waals surface area contributed by atoms with Crippen molar-refractivity contribution in [2.24, 2.45) is 17.8 Å². The van der Waals surface area contributed by atoms with E-state index >= 15 is 0 Å². The van der Waals surface area contributed by atoms with Crippen LogP contribution in [-0.2, 0) is 58.9 Å². The lowest BCUT2D eigenvalue weighted by molar-refractivity contribution is -0.162. The standard InChI is InChI=1S/C52H70ClN5O15S/c1-28-10-9-11-39(70-8)52(68)25-37(71-50(67)54-52)29(2)47-51(4,73-47)40(24-44(63)56(6)34-21-32(20-28)22-36(69-7)46(34)53)72-49(66)30(3)55(5)41(60)18-19-74-38-23-45(64)58(48(38)65)26-31-12-14-33(15-13-31)35(59)27-57-42(61)16-17-43(57)62/h9-11,21-22,29-31,33,37-40,44,47,63,68H,12-20,23-27H2,1-8H3,(H,54,67)/b11-9+,28-10+/t29-,30+,31?,33?,37+,38+,39-,40+,44?,47+,51+,52+/m1/s1. The molecule has 0 radical (unpaired) electrons. The second-order valence-electron chi connectivity index (χ2n) is 20.8. The Morgan fingerprint density at radius 2 is 1.73 bits per heavy atom. The smallest absolute Gasteiger partial charge is 0.409 e. The zero-order valence-corrected chi connectivity index (χ0v) is 44.9. The number of methoxy groups -OCH3 is 2. The number of nitrogens with one attached hydrogen (secondary N) is 1. The zero-order valence-electron chi connectivity index (χ0n) is 43.3. The van der Waals surface area contributed by atoms with Crippen LogP contribution >= 0.6 is 23.4 Å². The molecule has 0 aromatic heterocycles. The average Bonchev–Trinajstić information content (AvgIpc) is 3.87. The van der Waals surface area contributed by atoms with Crippen LogP contribution in [0, 0.1) is 17.8 Å². The Morgan fingerprint density at radius 3 is 2.39 bits per heavy atom. The average molecular weight is 1070 g/mol. The number of likely N-dealkylation sites (N-methyl/N-ethyl adjacent to an activating group) is 1. The first-order valence-corrected chi connectivity index (χ1v) is 26.7. The van der Waals surface area contributed by atoms with Crippen molar-refractivity contribution in [2.45, 2.75) is 152 Å². The SMILES string of the molecule is COc1cc2cc(c1Cl)N(C)C(O)C[C@H](OC(=O)[C@H](C)N(C)C(=O)CCS[C@H]1CC(=O)N(CC3CCC(C(=O)CN4C(=O)CCC4=O)CC3)C1=O)[C@]1(C)O[C@H]1[C@H](C)[C@@H]1C[C@@](O)(NC(=O)O1)[C@H](OC)/C=C/C=C(\C)C2. The van der Waals surface area contributed by atoms with E-state index in [1.807, 2.05) is 19.1 Å². The molecule has 0 spiro atoms. The molecule has 5 fully saturated rings. The highest BCUT2D eigenvalue weighted by Gasteiger charge is 2.64. The van der Waals surface area contributed by atoms with Crippen LogP contribution in [0.2, 0.25) is 5.02 Å². The fraction of sp³-hybridized carbons (Fsp3) is 0.654. The summed E-state index contributed by atoms with van der Waals surface area (Å²) in [5, 5.41) is 25.9. The van der Waals surface area contributed by atoms with Crippen LogP contribution in [0.4, 0.5) is 10.5 Å². The van der Waals surface area contributed by atoms with Crippen molar-refractivity contribution in [3.8, 4) is 5.75 Å². The highest BCUT2D eigenvalue weighted by molar-refractivity contribution is 8.00. The number of esters is 1. The summed E-state index contributed by atoms with van der Waals surface area (Å²) in [6.45, 7) is 6.95. The number of allylic oxidation sites excluding steroid dienone is 3. The first kappa shape index (κ1) is 56.7.